The van der Waals surface area contributed by atoms with E-state index < -0.39 is 5.91 Å². The number of amides is 1. The van der Waals surface area contributed by atoms with E-state index in [1.165, 1.54) is 17.8 Å². The fraction of sp³-hybridized carbons (Fsp3) is 0.182. The summed E-state index contributed by atoms with van der Waals surface area (Å²) in [6, 6.07) is 17.3. The van der Waals surface area contributed by atoms with Crippen LogP contribution in [-0.4, -0.2) is 48.5 Å². The van der Waals surface area contributed by atoms with Crippen molar-refractivity contribution < 1.29 is 14.3 Å². The van der Waals surface area contributed by atoms with Gasteiger partial charge in [-0.2, -0.15) is 0 Å². The van der Waals surface area contributed by atoms with Crippen molar-refractivity contribution in [2.45, 2.75) is 20.0 Å². The maximum atomic E-state index is 12.5. The van der Waals surface area contributed by atoms with E-state index >= 15 is 0 Å². The molecule has 0 saturated carbocycles. The SMILES string of the molecule is CC(=O)OCCn1cc(C(=O)Nc2cccc(-c3cn(Cc4ccccc4)nn3)c2)nn1. The van der Waals surface area contributed by atoms with Crippen LogP contribution in [-0.2, 0) is 22.6 Å². The molecule has 2 aromatic carbocycles. The Labute approximate surface area is 183 Å². The van der Waals surface area contributed by atoms with Crippen LogP contribution in [0.4, 0.5) is 5.69 Å². The van der Waals surface area contributed by atoms with Crippen LogP contribution in [0.15, 0.2) is 67.0 Å². The summed E-state index contributed by atoms with van der Waals surface area (Å²) < 4.78 is 8.07. The van der Waals surface area contributed by atoms with Crippen LogP contribution in [0.5, 0.6) is 0 Å². The van der Waals surface area contributed by atoms with Gasteiger partial charge in [0.25, 0.3) is 5.91 Å². The third-order valence-electron chi connectivity index (χ3n) is 4.54. The number of carbonyl (C=O) groups is 2. The van der Waals surface area contributed by atoms with Crippen LogP contribution in [0.3, 0.4) is 0 Å². The molecule has 32 heavy (non-hydrogen) atoms. The molecule has 1 N–H and O–H groups in total. The number of carbonyl (C=O) groups excluding carboxylic acids is 2. The Morgan fingerprint density at radius 2 is 1.78 bits per heavy atom. The van der Waals surface area contributed by atoms with E-state index in [-0.39, 0.29) is 18.3 Å². The third-order valence-corrected chi connectivity index (χ3v) is 4.54. The lowest BCUT2D eigenvalue weighted by atomic mass is 10.1. The first-order chi connectivity index (χ1) is 15.6. The van der Waals surface area contributed by atoms with Crippen molar-refractivity contribution in [2.24, 2.45) is 0 Å². The average molecular weight is 431 g/mol. The Morgan fingerprint density at radius 1 is 0.969 bits per heavy atom. The molecular weight excluding hydrogens is 410 g/mol. The van der Waals surface area contributed by atoms with Gasteiger partial charge in [0.1, 0.15) is 12.3 Å². The van der Waals surface area contributed by atoms with Crippen molar-refractivity contribution in [3.63, 3.8) is 0 Å². The summed E-state index contributed by atoms with van der Waals surface area (Å²) in [5, 5.41) is 19.0. The molecule has 10 nitrogen and oxygen atoms in total. The predicted octanol–water partition coefficient (Wildman–Crippen LogP) is 2.40. The highest BCUT2D eigenvalue weighted by molar-refractivity contribution is 6.02. The summed E-state index contributed by atoms with van der Waals surface area (Å²) >= 11 is 0. The van der Waals surface area contributed by atoms with Gasteiger partial charge < -0.3 is 10.1 Å². The normalized spacial score (nSPS) is 10.7. The van der Waals surface area contributed by atoms with Gasteiger partial charge in [0.05, 0.1) is 25.5 Å². The van der Waals surface area contributed by atoms with Crippen molar-refractivity contribution in [3.8, 4) is 11.3 Å². The van der Waals surface area contributed by atoms with E-state index in [0.29, 0.717) is 24.5 Å². The topological polar surface area (TPSA) is 117 Å². The summed E-state index contributed by atoms with van der Waals surface area (Å²) in [6.45, 7) is 2.43. The zero-order valence-corrected chi connectivity index (χ0v) is 17.4. The number of nitrogens with one attached hydrogen (secondary N) is 1. The first kappa shape index (κ1) is 20.9. The highest BCUT2D eigenvalue weighted by Crippen LogP contribution is 2.21. The molecule has 0 fully saturated rings. The molecule has 0 saturated heterocycles. The number of aromatic nitrogens is 6. The number of benzene rings is 2. The van der Waals surface area contributed by atoms with Crippen molar-refractivity contribution >= 4 is 17.6 Å². The van der Waals surface area contributed by atoms with Gasteiger partial charge in [-0.15, -0.1) is 10.2 Å². The Morgan fingerprint density at radius 3 is 2.59 bits per heavy atom. The number of hydrogen-bond donors (Lipinski definition) is 1. The van der Waals surface area contributed by atoms with Gasteiger partial charge in [-0.1, -0.05) is 52.9 Å². The van der Waals surface area contributed by atoms with Gasteiger partial charge >= 0.3 is 5.97 Å². The van der Waals surface area contributed by atoms with Gasteiger partial charge in [-0.3, -0.25) is 9.59 Å². The lowest BCUT2D eigenvalue weighted by Crippen LogP contribution is -2.12. The molecule has 4 rings (SSSR count). The molecule has 2 aromatic heterocycles. The van der Waals surface area contributed by atoms with Crippen LogP contribution >= 0.6 is 0 Å². The quantitative estimate of drug-likeness (QED) is 0.426. The number of hydrogen-bond acceptors (Lipinski definition) is 7. The molecule has 0 radical (unpaired) electrons. The smallest absolute Gasteiger partial charge is 0.302 e. The first-order valence-electron chi connectivity index (χ1n) is 9.96. The molecule has 0 aliphatic rings. The standard InChI is InChI=1S/C22H21N7O3/c1-16(30)32-11-10-28-15-21(25-26-28)22(31)23-19-9-5-8-18(12-19)20-14-29(27-24-20)13-17-6-3-2-4-7-17/h2-9,12,14-15H,10-11,13H2,1H3,(H,23,31). The Bertz CT molecular complexity index is 1220. The van der Waals surface area contributed by atoms with Crippen LogP contribution < -0.4 is 5.32 Å². The summed E-state index contributed by atoms with van der Waals surface area (Å²) in [7, 11) is 0. The summed E-state index contributed by atoms with van der Waals surface area (Å²) in [4.78, 5) is 23.3. The van der Waals surface area contributed by atoms with Crippen molar-refractivity contribution in [1.29, 1.82) is 0 Å². The van der Waals surface area contributed by atoms with Gasteiger partial charge in [0.2, 0.25) is 0 Å². The highest BCUT2D eigenvalue weighted by Gasteiger charge is 2.12. The minimum absolute atomic E-state index is 0.159. The summed E-state index contributed by atoms with van der Waals surface area (Å²) in [6.07, 6.45) is 3.36. The zero-order chi connectivity index (χ0) is 22.3. The second-order valence-electron chi connectivity index (χ2n) is 7.03. The largest absolute Gasteiger partial charge is 0.464 e. The van der Waals surface area contributed by atoms with Gasteiger partial charge in [-0.25, -0.2) is 9.36 Å². The number of esters is 1. The van der Waals surface area contributed by atoms with E-state index in [1.807, 2.05) is 54.7 Å². The number of ether oxygens (including phenoxy) is 1. The zero-order valence-electron chi connectivity index (χ0n) is 17.4. The van der Waals surface area contributed by atoms with E-state index in [1.54, 1.807) is 10.7 Å². The molecular formula is C22H21N7O3. The summed E-state index contributed by atoms with van der Waals surface area (Å²) in [5.74, 6) is -0.767. The van der Waals surface area contributed by atoms with Gasteiger partial charge in [-0.05, 0) is 17.7 Å². The van der Waals surface area contributed by atoms with Crippen LogP contribution in [0.25, 0.3) is 11.3 Å². The van der Waals surface area contributed by atoms with Crippen LogP contribution in [0, 0.1) is 0 Å². The average Bonchev–Trinajstić information content (AvgIpc) is 3.44. The minimum Gasteiger partial charge on any atom is -0.464 e. The molecule has 10 heteroatoms. The monoisotopic (exact) mass is 431 g/mol. The highest BCUT2D eigenvalue weighted by atomic mass is 16.5. The van der Waals surface area contributed by atoms with E-state index in [0.717, 1.165) is 11.1 Å². The fourth-order valence-electron chi connectivity index (χ4n) is 3.02. The first-order valence-corrected chi connectivity index (χ1v) is 9.96. The van der Waals surface area contributed by atoms with Gasteiger partial charge in [0.15, 0.2) is 5.69 Å². The van der Waals surface area contributed by atoms with Crippen molar-refractivity contribution in [3.05, 3.63) is 78.2 Å². The molecule has 0 aliphatic carbocycles. The van der Waals surface area contributed by atoms with Gasteiger partial charge in [0, 0.05) is 18.2 Å². The maximum Gasteiger partial charge on any atom is 0.302 e. The minimum atomic E-state index is -0.395. The number of anilines is 1. The van der Waals surface area contributed by atoms with Crippen LogP contribution in [0.1, 0.15) is 23.0 Å². The molecule has 0 spiro atoms. The third kappa shape index (κ3) is 5.42. The van der Waals surface area contributed by atoms with Crippen molar-refractivity contribution in [2.75, 3.05) is 11.9 Å². The number of nitrogens with zero attached hydrogens (tertiary/aromatic N) is 6. The lowest BCUT2D eigenvalue weighted by molar-refractivity contribution is -0.141. The fourth-order valence-corrected chi connectivity index (χ4v) is 3.02. The van der Waals surface area contributed by atoms with Crippen LogP contribution in [0.2, 0.25) is 0 Å². The van der Waals surface area contributed by atoms with E-state index in [9.17, 15) is 9.59 Å². The van der Waals surface area contributed by atoms with E-state index in [4.69, 9.17) is 4.74 Å². The number of rotatable bonds is 8. The molecule has 0 atom stereocenters. The van der Waals surface area contributed by atoms with E-state index in [2.05, 4.69) is 25.9 Å². The molecule has 162 valence electrons. The van der Waals surface area contributed by atoms with Crippen molar-refractivity contribution in [1.82, 2.24) is 30.0 Å². The Balaban J connectivity index is 1.40. The second-order valence-corrected chi connectivity index (χ2v) is 7.03. The Kier molecular flexibility index (Phi) is 6.30. The molecule has 4 aromatic rings. The molecule has 1 amide bonds. The molecule has 0 aliphatic heterocycles. The lowest BCUT2D eigenvalue weighted by Gasteiger charge is -2.04. The predicted molar refractivity (Wildman–Crippen MR) is 116 cm³/mol. The summed E-state index contributed by atoms with van der Waals surface area (Å²) in [5.41, 5.74) is 3.41. The molecule has 0 bridgehead atoms. The molecule has 2 heterocycles. The molecule has 0 unspecified atom stereocenters. The second kappa shape index (κ2) is 9.65. The maximum absolute atomic E-state index is 12.5. The Hall–Kier alpha value is -4.34.